The van der Waals surface area contributed by atoms with Crippen LogP contribution in [0.15, 0.2) is 35.3 Å². The Kier molecular flexibility index (Phi) is 10.7. The molecule has 0 fully saturated rings. The molecule has 0 aliphatic carbocycles. The summed E-state index contributed by atoms with van der Waals surface area (Å²) in [5.41, 5.74) is 1.21. The van der Waals surface area contributed by atoms with Crippen molar-refractivity contribution in [2.75, 3.05) is 18.8 Å². The first-order chi connectivity index (χ1) is 10.3. The molecule has 0 spiro atoms. The summed E-state index contributed by atoms with van der Waals surface area (Å²) in [4.78, 5) is 4.53. The average molecular weight is 451 g/mol. The van der Waals surface area contributed by atoms with Crippen LogP contribution in [-0.2, 0) is 10.8 Å². The van der Waals surface area contributed by atoms with Gasteiger partial charge in [0.2, 0.25) is 0 Å². The van der Waals surface area contributed by atoms with E-state index in [1.165, 1.54) is 5.56 Å². The molecule has 2 N–H and O–H groups in total. The van der Waals surface area contributed by atoms with Crippen LogP contribution in [0.1, 0.15) is 46.2 Å². The summed E-state index contributed by atoms with van der Waals surface area (Å²) in [6, 6.07) is 10.4. The first kappa shape index (κ1) is 22.4. The molecule has 23 heavy (non-hydrogen) atoms. The summed E-state index contributed by atoms with van der Waals surface area (Å²) in [5, 5.41) is 6.62. The van der Waals surface area contributed by atoms with Gasteiger partial charge < -0.3 is 10.6 Å². The summed E-state index contributed by atoms with van der Waals surface area (Å²) >= 11 is 0. The van der Waals surface area contributed by atoms with Crippen LogP contribution in [0, 0.1) is 0 Å². The lowest BCUT2D eigenvalue weighted by molar-refractivity contribution is 0.648. The fourth-order valence-electron chi connectivity index (χ4n) is 1.90. The molecule has 0 amide bonds. The Balaban J connectivity index is 0.00000484. The maximum Gasteiger partial charge on any atom is 0.191 e. The minimum Gasteiger partial charge on any atom is -0.357 e. The second kappa shape index (κ2) is 11.0. The molecule has 1 rings (SSSR count). The summed E-state index contributed by atoms with van der Waals surface area (Å²) < 4.78 is 11.9. The Hall–Kier alpha value is -0.630. The van der Waals surface area contributed by atoms with Crippen molar-refractivity contribution in [3.05, 3.63) is 35.9 Å². The van der Waals surface area contributed by atoms with E-state index in [1.54, 1.807) is 0 Å². The molecule has 0 radical (unpaired) electrons. The van der Waals surface area contributed by atoms with Crippen molar-refractivity contribution in [3.63, 3.8) is 0 Å². The van der Waals surface area contributed by atoms with E-state index in [-0.39, 0.29) is 34.8 Å². The number of nitrogens with one attached hydrogen (secondary N) is 2. The van der Waals surface area contributed by atoms with Gasteiger partial charge in [-0.25, -0.2) is 0 Å². The molecule has 1 aromatic carbocycles. The van der Waals surface area contributed by atoms with E-state index >= 15 is 0 Å². The maximum absolute atomic E-state index is 12.0. The van der Waals surface area contributed by atoms with E-state index < -0.39 is 10.8 Å². The largest absolute Gasteiger partial charge is 0.357 e. The Morgan fingerprint density at radius 1 is 1.26 bits per heavy atom. The van der Waals surface area contributed by atoms with Gasteiger partial charge >= 0.3 is 0 Å². The molecule has 132 valence electrons. The Morgan fingerprint density at radius 2 is 1.87 bits per heavy atom. The minimum absolute atomic E-state index is 0. The highest BCUT2D eigenvalue weighted by atomic mass is 127. The number of benzene rings is 1. The fraction of sp³-hybridized carbons (Fsp3) is 0.588. The summed E-state index contributed by atoms with van der Waals surface area (Å²) in [5.74, 6) is 1.35. The molecule has 0 aliphatic rings. The monoisotopic (exact) mass is 451 g/mol. The van der Waals surface area contributed by atoms with Crippen molar-refractivity contribution in [3.8, 4) is 0 Å². The standard InChI is InChI=1S/C17H29N3OS.HI/c1-6-18-16(19-12-13-22(21)17(3,4)5)20-14(2)15-10-8-7-9-11-15;/h7-11,14H,6,12-13H2,1-5H3,(H2,18,19,20);1H. The van der Waals surface area contributed by atoms with Crippen LogP contribution in [0.5, 0.6) is 0 Å². The Morgan fingerprint density at radius 3 is 2.39 bits per heavy atom. The second-order valence-corrected chi connectivity index (χ2v) is 8.52. The van der Waals surface area contributed by atoms with Crippen LogP contribution in [0.25, 0.3) is 0 Å². The number of nitrogens with zero attached hydrogens (tertiary/aromatic N) is 1. The zero-order valence-electron chi connectivity index (χ0n) is 14.8. The maximum atomic E-state index is 12.0. The summed E-state index contributed by atoms with van der Waals surface area (Å²) in [6.07, 6.45) is 0. The van der Waals surface area contributed by atoms with Crippen molar-refractivity contribution < 1.29 is 4.21 Å². The SMILES string of the molecule is CCNC(=NCCS(=O)C(C)(C)C)NC(C)c1ccccc1.I. The number of guanidine groups is 1. The van der Waals surface area contributed by atoms with Gasteiger partial charge in [-0.05, 0) is 40.2 Å². The lowest BCUT2D eigenvalue weighted by Crippen LogP contribution is -2.39. The quantitative estimate of drug-likeness (QED) is 0.396. The Labute approximate surface area is 160 Å². The van der Waals surface area contributed by atoms with Crippen molar-refractivity contribution in [2.24, 2.45) is 4.99 Å². The predicted octanol–water partition coefficient (Wildman–Crippen LogP) is 3.47. The smallest absolute Gasteiger partial charge is 0.191 e. The molecule has 2 unspecified atom stereocenters. The Bertz CT molecular complexity index is 500. The molecule has 2 atom stereocenters. The number of halogens is 1. The fourth-order valence-corrected chi connectivity index (χ4v) is 2.77. The molecule has 6 heteroatoms. The molecule has 0 saturated carbocycles. The van der Waals surface area contributed by atoms with Crippen molar-refractivity contribution in [1.82, 2.24) is 10.6 Å². The van der Waals surface area contributed by atoms with Gasteiger partial charge in [0.1, 0.15) is 0 Å². The lowest BCUT2D eigenvalue weighted by Gasteiger charge is -2.19. The van der Waals surface area contributed by atoms with Gasteiger partial charge in [-0.1, -0.05) is 30.3 Å². The third kappa shape index (κ3) is 8.69. The van der Waals surface area contributed by atoms with E-state index in [1.807, 2.05) is 45.9 Å². The van der Waals surface area contributed by atoms with E-state index in [4.69, 9.17) is 0 Å². The second-order valence-electron chi connectivity index (χ2n) is 6.20. The highest BCUT2D eigenvalue weighted by molar-refractivity contribution is 14.0. The van der Waals surface area contributed by atoms with Gasteiger partial charge in [0, 0.05) is 27.8 Å². The van der Waals surface area contributed by atoms with Gasteiger partial charge in [-0.3, -0.25) is 9.20 Å². The predicted molar refractivity (Wildman–Crippen MR) is 112 cm³/mol. The molecule has 0 saturated heterocycles. The highest BCUT2D eigenvalue weighted by Gasteiger charge is 2.18. The first-order valence-corrected chi connectivity index (χ1v) is 9.14. The number of hydrogen-bond donors (Lipinski definition) is 2. The number of hydrogen-bond acceptors (Lipinski definition) is 2. The number of aliphatic imine (C=N–C) groups is 1. The third-order valence-electron chi connectivity index (χ3n) is 3.23. The van der Waals surface area contributed by atoms with Gasteiger partial charge in [0.25, 0.3) is 0 Å². The summed E-state index contributed by atoms with van der Waals surface area (Å²) in [7, 11) is -0.869. The zero-order chi connectivity index (χ0) is 16.6. The van der Waals surface area contributed by atoms with E-state index in [2.05, 4.69) is 34.7 Å². The number of rotatable bonds is 6. The van der Waals surface area contributed by atoms with Crippen LogP contribution in [0.2, 0.25) is 0 Å². The topological polar surface area (TPSA) is 53.5 Å². The van der Waals surface area contributed by atoms with Crippen LogP contribution in [-0.4, -0.2) is 33.8 Å². The molecule has 0 heterocycles. The molecule has 4 nitrogen and oxygen atoms in total. The van der Waals surface area contributed by atoms with Gasteiger partial charge in [0.15, 0.2) is 5.96 Å². The average Bonchev–Trinajstić information content (AvgIpc) is 2.47. The van der Waals surface area contributed by atoms with Gasteiger partial charge in [-0.2, -0.15) is 0 Å². The molecular weight excluding hydrogens is 421 g/mol. The minimum atomic E-state index is -0.869. The van der Waals surface area contributed by atoms with E-state index in [0.717, 1.165) is 12.5 Å². The zero-order valence-corrected chi connectivity index (χ0v) is 17.9. The summed E-state index contributed by atoms with van der Waals surface area (Å²) in [6.45, 7) is 11.5. The third-order valence-corrected chi connectivity index (χ3v) is 5.15. The van der Waals surface area contributed by atoms with Crippen molar-refractivity contribution >= 4 is 40.7 Å². The first-order valence-electron chi connectivity index (χ1n) is 7.83. The molecule has 0 bridgehead atoms. The van der Waals surface area contributed by atoms with Gasteiger partial charge in [-0.15, -0.1) is 24.0 Å². The van der Waals surface area contributed by atoms with Crippen LogP contribution in [0.4, 0.5) is 0 Å². The van der Waals surface area contributed by atoms with Crippen molar-refractivity contribution in [1.29, 1.82) is 0 Å². The van der Waals surface area contributed by atoms with Crippen LogP contribution >= 0.6 is 24.0 Å². The molecule has 0 aromatic heterocycles. The van der Waals surface area contributed by atoms with Crippen molar-refractivity contribution in [2.45, 2.75) is 45.4 Å². The van der Waals surface area contributed by atoms with Crippen LogP contribution < -0.4 is 10.6 Å². The lowest BCUT2D eigenvalue weighted by atomic mass is 10.1. The van der Waals surface area contributed by atoms with Gasteiger partial charge in [0.05, 0.1) is 12.6 Å². The molecule has 1 aromatic rings. The molecule has 0 aliphatic heterocycles. The van der Waals surface area contributed by atoms with E-state index in [0.29, 0.717) is 12.3 Å². The van der Waals surface area contributed by atoms with E-state index in [9.17, 15) is 4.21 Å². The highest BCUT2D eigenvalue weighted by Crippen LogP contribution is 2.12. The normalized spacial score (nSPS) is 14.6. The molecular formula is C17H30IN3OS. The van der Waals surface area contributed by atoms with Crippen LogP contribution in [0.3, 0.4) is 0 Å².